The van der Waals surface area contributed by atoms with Crippen LogP contribution in [0.4, 0.5) is 10.1 Å². The summed E-state index contributed by atoms with van der Waals surface area (Å²) in [5, 5.41) is 3.33. The smallest absolute Gasteiger partial charge is 0.230 e. The van der Waals surface area contributed by atoms with E-state index >= 15 is 0 Å². The molecule has 1 aliphatic carbocycles. The monoisotopic (exact) mass is 262 g/mol. The molecule has 1 saturated carbocycles. The van der Waals surface area contributed by atoms with Gasteiger partial charge in [0.2, 0.25) is 5.91 Å². The first-order valence-corrected chi connectivity index (χ1v) is 6.86. The Morgan fingerprint density at radius 1 is 1.42 bits per heavy atom. The van der Waals surface area contributed by atoms with E-state index in [-0.39, 0.29) is 23.1 Å². The molecule has 1 spiro atoms. The zero-order chi connectivity index (χ0) is 13.5. The molecule has 2 aliphatic rings. The van der Waals surface area contributed by atoms with Gasteiger partial charge in [0.25, 0.3) is 0 Å². The summed E-state index contributed by atoms with van der Waals surface area (Å²) in [6, 6.07) is 6.22. The summed E-state index contributed by atoms with van der Waals surface area (Å²) in [5.74, 6) is -0.0418. The lowest BCUT2D eigenvalue weighted by Crippen LogP contribution is -2.34. The second kappa shape index (κ2) is 4.60. The predicted octanol–water partition coefficient (Wildman–Crippen LogP) is 2.18. The number of nitrogens with one attached hydrogen (secondary N) is 1. The predicted molar refractivity (Wildman–Crippen MR) is 72.5 cm³/mol. The number of anilines is 1. The highest BCUT2D eigenvalue weighted by Gasteiger charge is 2.58. The number of amides is 1. The molecule has 19 heavy (non-hydrogen) atoms. The number of carbonyl (C=O) groups is 1. The van der Waals surface area contributed by atoms with E-state index in [0.29, 0.717) is 5.69 Å². The Kier molecular flexibility index (Phi) is 3.05. The Morgan fingerprint density at radius 2 is 2.16 bits per heavy atom. The highest BCUT2D eigenvalue weighted by atomic mass is 19.1. The molecule has 1 aliphatic heterocycles. The van der Waals surface area contributed by atoms with Crippen LogP contribution in [0, 0.1) is 17.2 Å². The fourth-order valence-corrected chi connectivity index (χ4v) is 3.22. The Labute approximate surface area is 112 Å². The normalized spacial score (nSPS) is 24.2. The van der Waals surface area contributed by atoms with Crippen molar-refractivity contribution in [2.45, 2.75) is 19.3 Å². The van der Waals surface area contributed by atoms with Gasteiger partial charge in [0.15, 0.2) is 0 Å². The van der Waals surface area contributed by atoms with Crippen molar-refractivity contribution in [1.82, 2.24) is 5.32 Å². The van der Waals surface area contributed by atoms with Crippen LogP contribution in [0.5, 0.6) is 0 Å². The van der Waals surface area contributed by atoms with E-state index in [9.17, 15) is 9.18 Å². The largest absolute Gasteiger partial charge is 0.317 e. The zero-order valence-corrected chi connectivity index (χ0v) is 11.2. The molecule has 1 aromatic rings. The molecule has 1 heterocycles. The van der Waals surface area contributed by atoms with Crippen LogP contribution < -0.4 is 10.2 Å². The van der Waals surface area contributed by atoms with Crippen LogP contribution in [-0.4, -0.2) is 26.0 Å². The van der Waals surface area contributed by atoms with Gasteiger partial charge in [-0.1, -0.05) is 6.07 Å². The van der Waals surface area contributed by atoms with Crippen molar-refractivity contribution in [3.63, 3.8) is 0 Å². The van der Waals surface area contributed by atoms with Crippen LogP contribution >= 0.6 is 0 Å². The summed E-state index contributed by atoms with van der Waals surface area (Å²) in [6.45, 7) is 2.01. The summed E-state index contributed by atoms with van der Waals surface area (Å²) >= 11 is 0. The van der Waals surface area contributed by atoms with Gasteiger partial charge in [-0.3, -0.25) is 4.79 Å². The minimum Gasteiger partial charge on any atom is -0.317 e. The summed E-state index contributed by atoms with van der Waals surface area (Å²) in [7, 11) is 1.74. The molecule has 1 aromatic carbocycles. The number of piperidine rings is 1. The van der Waals surface area contributed by atoms with Crippen molar-refractivity contribution < 1.29 is 9.18 Å². The summed E-state index contributed by atoms with van der Waals surface area (Å²) in [4.78, 5) is 14.1. The minimum atomic E-state index is -0.301. The first kappa shape index (κ1) is 12.6. The van der Waals surface area contributed by atoms with E-state index < -0.39 is 0 Å². The average Bonchev–Trinajstić information content (AvgIpc) is 3.11. The molecule has 1 atom stereocenters. The number of hydrogen-bond acceptors (Lipinski definition) is 2. The molecule has 0 aromatic heterocycles. The number of rotatable bonds is 2. The maximum Gasteiger partial charge on any atom is 0.230 e. The van der Waals surface area contributed by atoms with Crippen molar-refractivity contribution in [3.8, 4) is 0 Å². The lowest BCUT2D eigenvalue weighted by Gasteiger charge is -2.25. The van der Waals surface area contributed by atoms with E-state index in [1.165, 1.54) is 12.1 Å². The lowest BCUT2D eigenvalue weighted by molar-refractivity contribution is -0.120. The van der Waals surface area contributed by atoms with E-state index in [1.807, 2.05) is 0 Å². The highest BCUT2D eigenvalue weighted by molar-refractivity contribution is 5.96. The van der Waals surface area contributed by atoms with Gasteiger partial charge in [-0.2, -0.15) is 0 Å². The molecule has 2 fully saturated rings. The van der Waals surface area contributed by atoms with Crippen LogP contribution in [0.25, 0.3) is 0 Å². The lowest BCUT2D eigenvalue weighted by atomic mass is 9.91. The minimum absolute atomic E-state index is 0.128. The third kappa shape index (κ3) is 2.25. The van der Waals surface area contributed by atoms with Gasteiger partial charge in [0, 0.05) is 18.7 Å². The maximum absolute atomic E-state index is 13.2. The molecular formula is C15H19FN2O. The molecule has 102 valence electrons. The van der Waals surface area contributed by atoms with E-state index in [1.54, 1.807) is 24.1 Å². The molecule has 1 N–H and O–H groups in total. The van der Waals surface area contributed by atoms with E-state index in [2.05, 4.69) is 5.32 Å². The van der Waals surface area contributed by atoms with Gasteiger partial charge in [0.1, 0.15) is 5.82 Å². The summed E-state index contributed by atoms with van der Waals surface area (Å²) in [5.41, 5.74) is 0.866. The fraction of sp³-hybridized carbons (Fsp3) is 0.533. The van der Waals surface area contributed by atoms with Gasteiger partial charge in [-0.25, -0.2) is 4.39 Å². The van der Waals surface area contributed by atoms with Crippen LogP contribution in [0.1, 0.15) is 19.3 Å². The Balaban J connectivity index is 1.71. The molecule has 1 unspecified atom stereocenters. The SMILES string of the molecule is CN(C(=O)C1CC12CCNCC2)c1cccc(F)c1. The Morgan fingerprint density at radius 3 is 2.84 bits per heavy atom. The van der Waals surface area contributed by atoms with Crippen molar-refractivity contribution >= 4 is 11.6 Å². The third-order valence-electron chi connectivity index (χ3n) is 4.61. The molecule has 1 saturated heterocycles. The first-order chi connectivity index (χ1) is 9.12. The van der Waals surface area contributed by atoms with Crippen LogP contribution in [-0.2, 0) is 4.79 Å². The average molecular weight is 262 g/mol. The Hall–Kier alpha value is -1.42. The first-order valence-electron chi connectivity index (χ1n) is 6.86. The molecular weight excluding hydrogens is 243 g/mol. The van der Waals surface area contributed by atoms with Crippen molar-refractivity contribution in [1.29, 1.82) is 0 Å². The fourth-order valence-electron chi connectivity index (χ4n) is 3.22. The number of hydrogen-bond donors (Lipinski definition) is 1. The summed E-state index contributed by atoms with van der Waals surface area (Å²) < 4.78 is 13.2. The van der Waals surface area contributed by atoms with Gasteiger partial charge < -0.3 is 10.2 Å². The van der Waals surface area contributed by atoms with Crippen molar-refractivity contribution in [2.24, 2.45) is 11.3 Å². The number of benzene rings is 1. The third-order valence-corrected chi connectivity index (χ3v) is 4.61. The van der Waals surface area contributed by atoms with Crippen molar-refractivity contribution in [2.75, 3.05) is 25.0 Å². The standard InChI is InChI=1S/C15H19FN2O/c1-18(12-4-2-3-11(16)9-12)14(19)13-10-15(13)5-7-17-8-6-15/h2-4,9,13,17H,5-8,10H2,1H3. The van der Waals surface area contributed by atoms with Crippen molar-refractivity contribution in [3.05, 3.63) is 30.1 Å². The molecule has 3 nitrogen and oxygen atoms in total. The van der Waals surface area contributed by atoms with E-state index in [4.69, 9.17) is 0 Å². The van der Waals surface area contributed by atoms with Gasteiger partial charge in [0.05, 0.1) is 0 Å². The number of nitrogens with zero attached hydrogens (tertiary/aromatic N) is 1. The Bertz CT molecular complexity index is 497. The van der Waals surface area contributed by atoms with Crippen LogP contribution in [0.2, 0.25) is 0 Å². The molecule has 0 radical (unpaired) electrons. The quantitative estimate of drug-likeness (QED) is 0.886. The molecule has 0 bridgehead atoms. The van der Waals surface area contributed by atoms with Gasteiger partial charge >= 0.3 is 0 Å². The van der Waals surface area contributed by atoms with Gasteiger partial charge in [-0.15, -0.1) is 0 Å². The number of carbonyl (C=O) groups excluding carboxylic acids is 1. The second-order valence-electron chi connectivity index (χ2n) is 5.75. The van der Waals surface area contributed by atoms with Crippen LogP contribution in [0.3, 0.4) is 0 Å². The summed E-state index contributed by atoms with van der Waals surface area (Å²) in [6.07, 6.45) is 3.16. The maximum atomic E-state index is 13.2. The molecule has 3 rings (SSSR count). The number of halogens is 1. The molecule has 1 amide bonds. The molecule has 4 heteroatoms. The van der Waals surface area contributed by atoms with Crippen LogP contribution in [0.15, 0.2) is 24.3 Å². The topological polar surface area (TPSA) is 32.3 Å². The zero-order valence-electron chi connectivity index (χ0n) is 11.2. The van der Waals surface area contributed by atoms with Gasteiger partial charge in [-0.05, 0) is 56.0 Å². The van der Waals surface area contributed by atoms with E-state index in [0.717, 1.165) is 32.4 Å². The second-order valence-corrected chi connectivity index (χ2v) is 5.75. The highest BCUT2D eigenvalue weighted by Crippen LogP contribution is 2.59.